The Kier molecular flexibility index (Phi) is 3.05. The molecule has 2 unspecified atom stereocenters. The van der Waals surface area contributed by atoms with Crippen molar-refractivity contribution in [3.05, 3.63) is 66.1 Å². The van der Waals surface area contributed by atoms with Gasteiger partial charge in [0.2, 0.25) is 0 Å². The number of rotatable bonds is 2. The molecule has 0 spiro atoms. The molecule has 19 heavy (non-hydrogen) atoms. The number of allylic oxidation sites excluding steroid dienone is 1. The van der Waals surface area contributed by atoms with Gasteiger partial charge in [-0.15, -0.1) is 0 Å². The minimum Gasteiger partial charge on any atom is -0.469 e. The third kappa shape index (κ3) is 2.25. The highest BCUT2D eigenvalue weighted by Gasteiger charge is 2.32. The molecular formula is C16H15NO2. The van der Waals surface area contributed by atoms with Crippen molar-refractivity contribution in [2.45, 2.75) is 18.4 Å². The highest BCUT2D eigenvalue weighted by molar-refractivity contribution is 6.02. The Balaban J connectivity index is 1.96. The predicted octanol–water partition coefficient (Wildman–Crippen LogP) is 2.75. The van der Waals surface area contributed by atoms with E-state index >= 15 is 0 Å². The first kappa shape index (κ1) is 11.9. The predicted molar refractivity (Wildman–Crippen MR) is 73.5 cm³/mol. The second-order valence-electron chi connectivity index (χ2n) is 4.79. The summed E-state index contributed by atoms with van der Waals surface area (Å²) in [4.78, 5) is 12.0. The number of furan rings is 1. The van der Waals surface area contributed by atoms with Gasteiger partial charge in [0.25, 0.3) is 0 Å². The molecule has 3 heteroatoms. The molecule has 2 aromatic rings. The van der Waals surface area contributed by atoms with Crippen LogP contribution in [0, 0.1) is 0 Å². The summed E-state index contributed by atoms with van der Waals surface area (Å²) in [6.45, 7) is 0. The molecule has 96 valence electrons. The maximum absolute atomic E-state index is 12.0. The zero-order valence-electron chi connectivity index (χ0n) is 10.5. The molecule has 0 radical (unpaired) electrons. The fourth-order valence-electron chi connectivity index (χ4n) is 2.52. The smallest absolute Gasteiger partial charge is 0.173 e. The molecule has 0 bridgehead atoms. The molecule has 0 amide bonds. The number of benzene rings is 1. The average Bonchev–Trinajstić information content (AvgIpc) is 2.96. The maximum Gasteiger partial charge on any atom is 0.173 e. The lowest BCUT2D eigenvalue weighted by atomic mass is 9.80. The van der Waals surface area contributed by atoms with Crippen LogP contribution in [0.5, 0.6) is 0 Å². The van der Waals surface area contributed by atoms with E-state index < -0.39 is 6.04 Å². The number of carbonyl (C=O) groups is 1. The minimum absolute atomic E-state index is 0.0356. The second-order valence-corrected chi connectivity index (χ2v) is 4.79. The Morgan fingerprint density at radius 3 is 2.58 bits per heavy atom. The van der Waals surface area contributed by atoms with Crippen molar-refractivity contribution in [2.75, 3.05) is 0 Å². The molecule has 1 aliphatic carbocycles. The van der Waals surface area contributed by atoms with Crippen molar-refractivity contribution >= 4 is 11.4 Å². The van der Waals surface area contributed by atoms with Crippen LogP contribution in [0.1, 0.15) is 23.7 Å². The molecule has 0 saturated heterocycles. The Morgan fingerprint density at radius 1 is 1.11 bits per heavy atom. The van der Waals surface area contributed by atoms with E-state index in [0.29, 0.717) is 0 Å². The first-order valence-corrected chi connectivity index (χ1v) is 6.34. The third-order valence-corrected chi connectivity index (χ3v) is 3.57. The lowest BCUT2D eigenvalue weighted by Crippen LogP contribution is -2.38. The van der Waals surface area contributed by atoms with Gasteiger partial charge in [-0.2, -0.15) is 0 Å². The molecule has 1 aromatic carbocycles. The molecule has 0 saturated carbocycles. The van der Waals surface area contributed by atoms with Crippen molar-refractivity contribution in [1.82, 2.24) is 0 Å². The molecule has 2 atom stereocenters. The summed E-state index contributed by atoms with van der Waals surface area (Å²) in [5.74, 6) is 0.664. The fourth-order valence-corrected chi connectivity index (χ4v) is 2.52. The van der Waals surface area contributed by atoms with Gasteiger partial charge >= 0.3 is 0 Å². The minimum atomic E-state index is -0.515. The summed E-state index contributed by atoms with van der Waals surface area (Å²) >= 11 is 0. The summed E-state index contributed by atoms with van der Waals surface area (Å²) in [7, 11) is 0. The van der Waals surface area contributed by atoms with E-state index in [2.05, 4.69) is 0 Å². The Labute approximate surface area is 111 Å². The Hall–Kier alpha value is -2.13. The molecule has 3 nitrogen and oxygen atoms in total. The number of nitrogens with two attached hydrogens (primary N) is 1. The largest absolute Gasteiger partial charge is 0.469 e. The standard InChI is InChI=1S/C16H15NO2/c17-16-13(15-7-4-8-19-15)9-12(10-14(16)18)11-5-2-1-3-6-11/h1-8,10,13,16H,9,17H2. The molecule has 1 aliphatic rings. The number of hydrogen-bond donors (Lipinski definition) is 1. The van der Waals surface area contributed by atoms with E-state index in [4.69, 9.17) is 10.2 Å². The van der Waals surface area contributed by atoms with Crippen molar-refractivity contribution < 1.29 is 9.21 Å². The molecule has 0 fully saturated rings. The molecule has 0 aliphatic heterocycles. The normalized spacial score (nSPS) is 23.2. The van der Waals surface area contributed by atoms with Gasteiger partial charge < -0.3 is 10.2 Å². The van der Waals surface area contributed by atoms with Crippen molar-refractivity contribution in [1.29, 1.82) is 0 Å². The van der Waals surface area contributed by atoms with Gasteiger partial charge in [-0.25, -0.2) is 0 Å². The summed E-state index contributed by atoms with van der Waals surface area (Å²) in [5.41, 5.74) is 8.09. The molecular weight excluding hydrogens is 238 g/mol. The van der Waals surface area contributed by atoms with E-state index in [1.54, 1.807) is 12.3 Å². The van der Waals surface area contributed by atoms with Crippen LogP contribution in [-0.2, 0) is 4.79 Å². The third-order valence-electron chi connectivity index (χ3n) is 3.57. The van der Waals surface area contributed by atoms with Crippen LogP contribution in [0.2, 0.25) is 0 Å². The fraction of sp³-hybridized carbons (Fsp3) is 0.188. The summed E-state index contributed by atoms with van der Waals surface area (Å²) in [5, 5.41) is 0. The molecule has 3 rings (SSSR count). The average molecular weight is 253 g/mol. The summed E-state index contributed by atoms with van der Waals surface area (Å²) in [6, 6.07) is 13.1. The molecule has 1 heterocycles. The van der Waals surface area contributed by atoms with Crippen LogP contribution < -0.4 is 5.73 Å². The molecule has 2 N–H and O–H groups in total. The number of hydrogen-bond acceptors (Lipinski definition) is 3. The maximum atomic E-state index is 12.0. The first-order chi connectivity index (χ1) is 9.25. The highest BCUT2D eigenvalue weighted by Crippen LogP contribution is 2.35. The number of carbonyl (C=O) groups excluding carboxylic acids is 1. The van der Waals surface area contributed by atoms with Gasteiger partial charge in [-0.1, -0.05) is 30.3 Å². The zero-order chi connectivity index (χ0) is 13.2. The van der Waals surface area contributed by atoms with Gasteiger partial charge in [0.15, 0.2) is 5.78 Å². The van der Waals surface area contributed by atoms with Crippen LogP contribution in [0.3, 0.4) is 0 Å². The van der Waals surface area contributed by atoms with Gasteiger partial charge in [0, 0.05) is 5.92 Å². The van der Waals surface area contributed by atoms with Gasteiger partial charge in [0.05, 0.1) is 12.3 Å². The Morgan fingerprint density at radius 2 is 1.89 bits per heavy atom. The topological polar surface area (TPSA) is 56.2 Å². The van der Waals surface area contributed by atoms with Gasteiger partial charge in [-0.3, -0.25) is 4.79 Å². The van der Waals surface area contributed by atoms with Crippen LogP contribution in [0.15, 0.2) is 59.2 Å². The lowest BCUT2D eigenvalue weighted by Gasteiger charge is -2.26. The van der Waals surface area contributed by atoms with E-state index in [1.807, 2.05) is 42.5 Å². The quantitative estimate of drug-likeness (QED) is 0.895. The van der Waals surface area contributed by atoms with Gasteiger partial charge in [0.1, 0.15) is 5.76 Å². The van der Waals surface area contributed by atoms with Gasteiger partial charge in [-0.05, 0) is 35.8 Å². The lowest BCUT2D eigenvalue weighted by molar-refractivity contribution is -0.116. The van der Waals surface area contributed by atoms with Crippen molar-refractivity contribution in [3.8, 4) is 0 Å². The van der Waals surface area contributed by atoms with Crippen molar-refractivity contribution in [2.24, 2.45) is 5.73 Å². The Bertz CT molecular complexity index is 599. The first-order valence-electron chi connectivity index (χ1n) is 6.34. The van der Waals surface area contributed by atoms with E-state index in [0.717, 1.165) is 23.3 Å². The van der Waals surface area contributed by atoms with E-state index in [9.17, 15) is 4.79 Å². The van der Waals surface area contributed by atoms with Crippen LogP contribution in [-0.4, -0.2) is 11.8 Å². The molecule has 1 aromatic heterocycles. The highest BCUT2D eigenvalue weighted by atomic mass is 16.3. The van der Waals surface area contributed by atoms with E-state index in [-0.39, 0.29) is 11.7 Å². The zero-order valence-corrected chi connectivity index (χ0v) is 10.5. The number of ketones is 1. The van der Waals surface area contributed by atoms with E-state index in [1.165, 1.54) is 0 Å². The second kappa shape index (κ2) is 4.86. The van der Waals surface area contributed by atoms with Crippen LogP contribution in [0.25, 0.3) is 5.57 Å². The monoisotopic (exact) mass is 253 g/mol. The van der Waals surface area contributed by atoms with Crippen LogP contribution >= 0.6 is 0 Å². The summed E-state index contributed by atoms with van der Waals surface area (Å²) < 4.78 is 5.42. The SMILES string of the molecule is NC1C(=O)C=C(c2ccccc2)CC1c1ccco1. The van der Waals surface area contributed by atoms with Crippen molar-refractivity contribution in [3.63, 3.8) is 0 Å². The summed E-state index contributed by atoms with van der Waals surface area (Å²) in [6.07, 6.45) is 4.01. The van der Waals surface area contributed by atoms with Crippen LogP contribution in [0.4, 0.5) is 0 Å².